The predicted octanol–water partition coefficient (Wildman–Crippen LogP) is 1.52. The Morgan fingerprint density at radius 1 is 1.33 bits per heavy atom. The van der Waals surface area contributed by atoms with Crippen molar-refractivity contribution in [2.45, 2.75) is 24.8 Å². The van der Waals surface area contributed by atoms with E-state index < -0.39 is 9.84 Å². The van der Waals surface area contributed by atoms with Crippen LogP contribution in [0.15, 0.2) is 29.2 Å². The molecular weight excluding hydrogens is 270 g/mol. The fraction of sp³-hybridized carbons (Fsp3) is 0.417. The molecule has 0 saturated carbocycles. The Balaban J connectivity index is 2.76. The molecule has 0 aliphatic rings. The second-order valence-electron chi connectivity index (χ2n) is 4.13. The van der Waals surface area contributed by atoms with Crippen molar-refractivity contribution in [1.82, 2.24) is 0 Å². The third kappa shape index (κ3) is 4.36. The van der Waals surface area contributed by atoms with E-state index >= 15 is 0 Å². The van der Waals surface area contributed by atoms with Crippen molar-refractivity contribution in [2.24, 2.45) is 5.73 Å². The molecule has 6 heteroatoms. The number of hydrogen-bond donors (Lipinski definition) is 1. The Morgan fingerprint density at radius 3 is 2.33 bits per heavy atom. The van der Waals surface area contributed by atoms with Crippen molar-refractivity contribution in [1.29, 1.82) is 0 Å². The fourth-order valence-corrected chi connectivity index (χ4v) is 2.58. The minimum Gasteiger partial charge on any atom is -0.389 e. The van der Waals surface area contributed by atoms with Gasteiger partial charge in [0.05, 0.1) is 23.4 Å². The monoisotopic (exact) mass is 287 g/mol. The van der Waals surface area contributed by atoms with Crippen LogP contribution in [0.4, 0.5) is 0 Å². The van der Waals surface area contributed by atoms with Gasteiger partial charge in [-0.25, -0.2) is 8.42 Å². The third-order valence-electron chi connectivity index (χ3n) is 2.30. The molecule has 0 heterocycles. The highest BCUT2D eigenvalue weighted by Crippen LogP contribution is 2.12. The standard InChI is InChI=1S/C12H17NO3S2/c1-9(2)16-7-8-18(14,15)11-5-3-10(4-6-11)12(13)17/h3-6,9H,7-8H2,1-2H3,(H2,13,17). The van der Waals surface area contributed by atoms with Crippen LogP contribution in [0.5, 0.6) is 0 Å². The van der Waals surface area contributed by atoms with Crippen molar-refractivity contribution in [3.8, 4) is 0 Å². The summed E-state index contributed by atoms with van der Waals surface area (Å²) < 4.78 is 29.1. The van der Waals surface area contributed by atoms with Gasteiger partial charge in [-0.05, 0) is 26.0 Å². The number of thiocarbonyl (C=S) groups is 1. The van der Waals surface area contributed by atoms with Gasteiger partial charge in [-0.3, -0.25) is 0 Å². The molecule has 0 atom stereocenters. The lowest BCUT2D eigenvalue weighted by molar-refractivity contribution is 0.0912. The highest BCUT2D eigenvalue weighted by Gasteiger charge is 2.14. The largest absolute Gasteiger partial charge is 0.389 e. The van der Waals surface area contributed by atoms with Crippen LogP contribution < -0.4 is 5.73 Å². The lowest BCUT2D eigenvalue weighted by atomic mass is 10.2. The van der Waals surface area contributed by atoms with Crippen LogP contribution in [-0.4, -0.2) is 31.9 Å². The summed E-state index contributed by atoms with van der Waals surface area (Å²) >= 11 is 4.81. The maximum absolute atomic E-state index is 12.0. The molecule has 0 spiro atoms. The van der Waals surface area contributed by atoms with Gasteiger partial charge >= 0.3 is 0 Å². The Bertz CT molecular complexity index is 507. The topological polar surface area (TPSA) is 69.4 Å². The zero-order valence-corrected chi connectivity index (χ0v) is 12.1. The molecule has 100 valence electrons. The van der Waals surface area contributed by atoms with E-state index in [4.69, 9.17) is 22.7 Å². The van der Waals surface area contributed by atoms with Crippen LogP contribution in [0.25, 0.3) is 0 Å². The summed E-state index contributed by atoms with van der Waals surface area (Å²) in [5.41, 5.74) is 6.10. The summed E-state index contributed by atoms with van der Waals surface area (Å²) in [5.74, 6) is -0.0302. The number of hydrogen-bond acceptors (Lipinski definition) is 4. The van der Waals surface area contributed by atoms with Gasteiger partial charge in [0, 0.05) is 5.56 Å². The second-order valence-corrected chi connectivity index (χ2v) is 6.68. The van der Waals surface area contributed by atoms with E-state index in [1.165, 1.54) is 12.1 Å². The molecule has 1 rings (SSSR count). The van der Waals surface area contributed by atoms with Crippen molar-refractivity contribution in [3.63, 3.8) is 0 Å². The zero-order valence-electron chi connectivity index (χ0n) is 10.4. The third-order valence-corrected chi connectivity index (χ3v) is 4.23. The molecule has 0 aromatic heterocycles. The van der Waals surface area contributed by atoms with Crippen LogP contribution >= 0.6 is 12.2 Å². The van der Waals surface area contributed by atoms with Crippen LogP contribution in [0.3, 0.4) is 0 Å². The van der Waals surface area contributed by atoms with Crippen molar-refractivity contribution in [3.05, 3.63) is 29.8 Å². The van der Waals surface area contributed by atoms with E-state index in [0.29, 0.717) is 5.56 Å². The van der Waals surface area contributed by atoms with Crippen molar-refractivity contribution in [2.75, 3.05) is 12.4 Å². The molecule has 2 N–H and O–H groups in total. The summed E-state index contributed by atoms with van der Waals surface area (Å²) in [6.45, 7) is 3.92. The number of sulfone groups is 1. The average molecular weight is 287 g/mol. The fourth-order valence-electron chi connectivity index (χ4n) is 1.34. The SMILES string of the molecule is CC(C)OCCS(=O)(=O)c1ccc(C(N)=S)cc1. The molecule has 18 heavy (non-hydrogen) atoms. The highest BCUT2D eigenvalue weighted by atomic mass is 32.2. The first-order valence-corrected chi connectivity index (χ1v) is 7.63. The van der Waals surface area contributed by atoms with Gasteiger partial charge in [0.1, 0.15) is 4.99 Å². The first-order chi connectivity index (χ1) is 8.33. The molecule has 0 radical (unpaired) electrons. The molecule has 0 unspecified atom stereocenters. The molecule has 0 fully saturated rings. The summed E-state index contributed by atoms with van der Waals surface area (Å²) in [5, 5.41) is 0. The zero-order chi connectivity index (χ0) is 13.8. The van der Waals surface area contributed by atoms with Crippen LogP contribution in [0.2, 0.25) is 0 Å². The molecule has 0 aliphatic heterocycles. The predicted molar refractivity (Wildman–Crippen MR) is 75.5 cm³/mol. The minimum absolute atomic E-state index is 0.0252. The lowest BCUT2D eigenvalue weighted by Crippen LogP contribution is -2.16. The van der Waals surface area contributed by atoms with E-state index in [1.807, 2.05) is 13.8 Å². The van der Waals surface area contributed by atoms with Gasteiger partial charge in [0.2, 0.25) is 0 Å². The van der Waals surface area contributed by atoms with Gasteiger partial charge in [0.15, 0.2) is 9.84 Å². The molecule has 0 aliphatic carbocycles. The lowest BCUT2D eigenvalue weighted by Gasteiger charge is -2.08. The van der Waals surface area contributed by atoms with Gasteiger partial charge in [-0.2, -0.15) is 0 Å². The molecular formula is C12H17NO3S2. The number of rotatable bonds is 6. The first-order valence-electron chi connectivity index (χ1n) is 5.57. The van der Waals surface area contributed by atoms with Crippen LogP contribution in [-0.2, 0) is 14.6 Å². The smallest absolute Gasteiger partial charge is 0.180 e. The maximum Gasteiger partial charge on any atom is 0.180 e. The van der Waals surface area contributed by atoms with E-state index in [1.54, 1.807) is 12.1 Å². The van der Waals surface area contributed by atoms with Gasteiger partial charge in [-0.1, -0.05) is 24.4 Å². The highest BCUT2D eigenvalue weighted by molar-refractivity contribution is 7.91. The average Bonchev–Trinajstić information content (AvgIpc) is 2.28. The molecule has 1 aromatic rings. The molecule has 0 saturated heterocycles. The second kappa shape index (κ2) is 6.26. The summed E-state index contributed by atoms with van der Waals surface area (Å²) in [6, 6.07) is 6.25. The van der Waals surface area contributed by atoms with E-state index in [-0.39, 0.29) is 28.3 Å². The first kappa shape index (κ1) is 15.1. The Morgan fingerprint density at radius 2 is 1.89 bits per heavy atom. The van der Waals surface area contributed by atoms with E-state index in [0.717, 1.165) is 0 Å². The number of ether oxygens (including phenoxy) is 1. The summed E-state index contributed by atoms with van der Waals surface area (Å²) in [4.78, 5) is 0.511. The number of benzene rings is 1. The quantitative estimate of drug-likeness (QED) is 0.803. The maximum atomic E-state index is 12.0. The van der Waals surface area contributed by atoms with Gasteiger partial charge in [-0.15, -0.1) is 0 Å². The van der Waals surface area contributed by atoms with Gasteiger partial charge < -0.3 is 10.5 Å². The van der Waals surface area contributed by atoms with Gasteiger partial charge in [0.25, 0.3) is 0 Å². The molecule has 0 amide bonds. The molecule has 1 aromatic carbocycles. The molecule has 0 bridgehead atoms. The van der Waals surface area contributed by atoms with Crippen molar-refractivity contribution < 1.29 is 13.2 Å². The minimum atomic E-state index is -3.31. The normalized spacial score (nSPS) is 11.7. The van der Waals surface area contributed by atoms with E-state index in [2.05, 4.69) is 0 Å². The van der Waals surface area contributed by atoms with Crippen molar-refractivity contribution >= 4 is 27.0 Å². The Labute approximate surface area is 113 Å². The van der Waals surface area contributed by atoms with Crippen LogP contribution in [0.1, 0.15) is 19.4 Å². The number of nitrogens with two attached hydrogens (primary N) is 1. The molecule has 4 nitrogen and oxygen atoms in total. The summed E-state index contributed by atoms with van der Waals surface area (Å²) in [7, 11) is -3.31. The summed E-state index contributed by atoms with van der Waals surface area (Å²) in [6.07, 6.45) is 0.0252. The Kier molecular flexibility index (Phi) is 5.25. The Hall–Kier alpha value is -0.980. The van der Waals surface area contributed by atoms with Crippen LogP contribution in [0, 0.1) is 0 Å². The van der Waals surface area contributed by atoms with E-state index in [9.17, 15) is 8.42 Å².